The van der Waals surface area contributed by atoms with Gasteiger partial charge in [0.15, 0.2) is 5.82 Å². The van der Waals surface area contributed by atoms with E-state index < -0.39 is 0 Å². The highest BCUT2D eigenvalue weighted by Crippen LogP contribution is 2.27. The number of nitrogens with zero attached hydrogens (tertiary/aromatic N) is 4. The fourth-order valence-electron chi connectivity index (χ4n) is 1.77. The predicted octanol–water partition coefficient (Wildman–Crippen LogP) is 3.64. The first-order valence-corrected chi connectivity index (χ1v) is 6.26. The zero-order valence-corrected chi connectivity index (χ0v) is 11.2. The molecule has 0 N–H and O–H groups in total. The van der Waals surface area contributed by atoms with Crippen molar-refractivity contribution < 1.29 is 0 Å². The standard InChI is InChI=1S/C13H8Cl2N4/c14-9-1-2-10(15)12(7-9)19-6-5-18-13(19)11-8-16-3-4-17-11/h1-8H. The van der Waals surface area contributed by atoms with Crippen molar-refractivity contribution in [3.05, 3.63) is 59.2 Å². The van der Waals surface area contributed by atoms with Gasteiger partial charge in [-0.15, -0.1) is 0 Å². The monoisotopic (exact) mass is 290 g/mol. The smallest absolute Gasteiger partial charge is 0.164 e. The second-order valence-electron chi connectivity index (χ2n) is 3.81. The van der Waals surface area contributed by atoms with Crippen molar-refractivity contribution in [2.45, 2.75) is 0 Å². The minimum absolute atomic E-state index is 0.590. The minimum Gasteiger partial charge on any atom is -0.297 e. The molecule has 0 unspecified atom stereocenters. The van der Waals surface area contributed by atoms with Gasteiger partial charge in [-0.1, -0.05) is 23.2 Å². The molecular weight excluding hydrogens is 283 g/mol. The maximum Gasteiger partial charge on any atom is 0.164 e. The summed E-state index contributed by atoms with van der Waals surface area (Å²) in [6.07, 6.45) is 8.37. The van der Waals surface area contributed by atoms with Crippen molar-refractivity contribution in [3.63, 3.8) is 0 Å². The Kier molecular flexibility index (Phi) is 3.19. The predicted molar refractivity (Wildman–Crippen MR) is 74.6 cm³/mol. The van der Waals surface area contributed by atoms with Gasteiger partial charge in [-0.05, 0) is 18.2 Å². The quantitative estimate of drug-likeness (QED) is 0.724. The molecular formula is C13H8Cl2N4. The summed E-state index contributed by atoms with van der Waals surface area (Å²) in [5.41, 5.74) is 1.43. The van der Waals surface area contributed by atoms with Gasteiger partial charge < -0.3 is 0 Å². The SMILES string of the molecule is Clc1ccc(Cl)c(-n2ccnc2-c2cnccn2)c1. The van der Waals surface area contributed by atoms with Gasteiger partial charge in [-0.25, -0.2) is 9.97 Å². The lowest BCUT2D eigenvalue weighted by Gasteiger charge is -2.09. The number of hydrogen-bond donors (Lipinski definition) is 0. The van der Waals surface area contributed by atoms with Gasteiger partial charge in [-0.2, -0.15) is 0 Å². The zero-order chi connectivity index (χ0) is 13.2. The third-order valence-corrected chi connectivity index (χ3v) is 3.16. The number of aromatic nitrogens is 4. The number of benzene rings is 1. The average Bonchev–Trinajstić information content (AvgIpc) is 2.91. The summed E-state index contributed by atoms with van der Waals surface area (Å²) in [5, 5.41) is 1.20. The van der Waals surface area contributed by atoms with E-state index in [9.17, 15) is 0 Å². The van der Waals surface area contributed by atoms with Gasteiger partial charge >= 0.3 is 0 Å². The molecule has 0 aliphatic rings. The molecule has 0 aliphatic carbocycles. The highest BCUT2D eigenvalue weighted by molar-refractivity contribution is 6.34. The maximum atomic E-state index is 6.20. The second-order valence-corrected chi connectivity index (χ2v) is 4.65. The molecule has 6 heteroatoms. The topological polar surface area (TPSA) is 43.6 Å². The van der Waals surface area contributed by atoms with Gasteiger partial charge in [0.2, 0.25) is 0 Å². The normalized spacial score (nSPS) is 10.6. The van der Waals surface area contributed by atoms with Gasteiger partial charge in [0.1, 0.15) is 5.69 Å². The Hall–Kier alpha value is -1.91. The first-order valence-electron chi connectivity index (χ1n) is 5.51. The van der Waals surface area contributed by atoms with Crippen LogP contribution in [0.5, 0.6) is 0 Å². The van der Waals surface area contributed by atoms with Crippen molar-refractivity contribution in [2.75, 3.05) is 0 Å². The van der Waals surface area contributed by atoms with Crippen LogP contribution in [0.2, 0.25) is 10.0 Å². The van der Waals surface area contributed by atoms with E-state index >= 15 is 0 Å². The van der Waals surface area contributed by atoms with Crippen molar-refractivity contribution >= 4 is 23.2 Å². The molecule has 3 aromatic rings. The average molecular weight is 291 g/mol. The molecule has 19 heavy (non-hydrogen) atoms. The van der Waals surface area contributed by atoms with Crippen LogP contribution < -0.4 is 0 Å². The summed E-state index contributed by atoms with van der Waals surface area (Å²) >= 11 is 12.2. The van der Waals surface area contributed by atoms with Crippen LogP contribution in [0.4, 0.5) is 0 Å². The summed E-state index contributed by atoms with van der Waals surface area (Å²) in [4.78, 5) is 12.6. The lowest BCUT2D eigenvalue weighted by molar-refractivity contribution is 1.04. The fraction of sp³-hybridized carbons (Fsp3) is 0. The molecule has 4 nitrogen and oxygen atoms in total. The molecule has 0 fully saturated rings. The summed E-state index contributed by atoms with van der Waals surface area (Å²) in [5.74, 6) is 0.664. The van der Waals surface area contributed by atoms with Crippen LogP contribution in [0, 0.1) is 0 Å². The lowest BCUT2D eigenvalue weighted by Crippen LogP contribution is -1.99. The van der Waals surface area contributed by atoms with Gasteiger partial charge in [0.05, 0.1) is 16.9 Å². The highest BCUT2D eigenvalue weighted by atomic mass is 35.5. The van der Waals surface area contributed by atoms with Crippen LogP contribution in [0.3, 0.4) is 0 Å². The molecule has 0 aliphatic heterocycles. The summed E-state index contributed by atoms with van der Waals surface area (Å²) in [7, 11) is 0. The molecule has 0 amide bonds. The molecule has 0 bridgehead atoms. The maximum absolute atomic E-state index is 6.20. The molecule has 0 radical (unpaired) electrons. The Morgan fingerprint density at radius 2 is 1.89 bits per heavy atom. The highest BCUT2D eigenvalue weighted by Gasteiger charge is 2.11. The largest absolute Gasteiger partial charge is 0.297 e. The summed E-state index contributed by atoms with van der Waals surface area (Å²) in [6, 6.07) is 5.28. The first-order chi connectivity index (χ1) is 9.25. The molecule has 0 spiro atoms. The molecule has 2 aromatic heterocycles. The van der Waals surface area contributed by atoms with E-state index in [1.54, 1.807) is 43.0 Å². The Morgan fingerprint density at radius 1 is 1.00 bits per heavy atom. The van der Waals surface area contributed by atoms with Crippen LogP contribution in [0.25, 0.3) is 17.2 Å². The molecule has 1 aromatic carbocycles. The van der Waals surface area contributed by atoms with Crippen molar-refractivity contribution in [2.24, 2.45) is 0 Å². The lowest BCUT2D eigenvalue weighted by atomic mass is 10.3. The third kappa shape index (κ3) is 2.32. The summed E-state index contributed by atoms with van der Waals surface area (Å²) < 4.78 is 1.83. The van der Waals surface area contributed by atoms with E-state index in [4.69, 9.17) is 23.2 Å². The number of halogens is 2. The van der Waals surface area contributed by atoms with Crippen molar-refractivity contribution in [3.8, 4) is 17.2 Å². The van der Waals surface area contributed by atoms with Crippen molar-refractivity contribution in [1.82, 2.24) is 19.5 Å². The molecule has 0 atom stereocenters. The summed E-state index contributed by atoms with van der Waals surface area (Å²) in [6.45, 7) is 0. The van der Waals surface area contributed by atoms with Crippen LogP contribution >= 0.6 is 23.2 Å². The van der Waals surface area contributed by atoms with E-state index in [1.165, 1.54) is 0 Å². The number of imidazole rings is 1. The van der Waals surface area contributed by atoms with Gasteiger partial charge in [-0.3, -0.25) is 9.55 Å². The van der Waals surface area contributed by atoms with Crippen molar-refractivity contribution in [1.29, 1.82) is 0 Å². The Labute approximate surface area is 119 Å². The Bertz CT molecular complexity index is 710. The van der Waals surface area contributed by atoms with Crippen LogP contribution in [0.15, 0.2) is 49.2 Å². The molecule has 0 saturated carbocycles. The van der Waals surface area contributed by atoms with E-state index in [0.717, 1.165) is 5.69 Å². The van der Waals surface area contributed by atoms with Crippen LogP contribution in [0.1, 0.15) is 0 Å². The van der Waals surface area contributed by atoms with E-state index in [1.807, 2.05) is 10.8 Å². The molecule has 3 rings (SSSR count). The van der Waals surface area contributed by atoms with E-state index in [-0.39, 0.29) is 0 Å². The Balaban J connectivity index is 2.18. The fourth-order valence-corrected chi connectivity index (χ4v) is 2.15. The first kappa shape index (κ1) is 12.1. The molecule has 0 saturated heterocycles. The second kappa shape index (κ2) is 4.99. The van der Waals surface area contributed by atoms with E-state index in [2.05, 4.69) is 15.0 Å². The minimum atomic E-state index is 0.590. The van der Waals surface area contributed by atoms with Crippen LogP contribution in [-0.4, -0.2) is 19.5 Å². The zero-order valence-electron chi connectivity index (χ0n) is 9.66. The molecule has 2 heterocycles. The number of rotatable bonds is 2. The van der Waals surface area contributed by atoms with E-state index in [0.29, 0.717) is 21.6 Å². The third-order valence-electron chi connectivity index (χ3n) is 2.60. The van der Waals surface area contributed by atoms with Crippen LogP contribution in [-0.2, 0) is 0 Å². The Morgan fingerprint density at radius 3 is 2.68 bits per heavy atom. The number of hydrogen-bond acceptors (Lipinski definition) is 3. The van der Waals surface area contributed by atoms with Gasteiger partial charge in [0, 0.05) is 29.8 Å². The molecule has 94 valence electrons. The van der Waals surface area contributed by atoms with Gasteiger partial charge in [0.25, 0.3) is 0 Å².